The molecule has 0 radical (unpaired) electrons. The first-order valence-corrected chi connectivity index (χ1v) is 7.98. The summed E-state index contributed by atoms with van der Waals surface area (Å²) in [6.45, 7) is 3.82. The van der Waals surface area contributed by atoms with Crippen LogP contribution < -0.4 is 4.90 Å². The highest BCUT2D eigenvalue weighted by atomic mass is 16.5. The van der Waals surface area contributed by atoms with E-state index in [1.54, 1.807) is 25.1 Å². The first kappa shape index (κ1) is 15.1. The number of rotatable bonds is 3. The van der Waals surface area contributed by atoms with Crippen molar-refractivity contribution >= 4 is 23.5 Å². The van der Waals surface area contributed by atoms with E-state index in [2.05, 4.69) is 0 Å². The molecule has 3 aliphatic heterocycles. The number of hydrogen-bond acceptors (Lipinski definition) is 5. The summed E-state index contributed by atoms with van der Waals surface area (Å²) in [6, 6.07) is 6.41. The topological polar surface area (TPSA) is 72.9 Å². The van der Waals surface area contributed by atoms with Crippen LogP contribution in [0.5, 0.6) is 0 Å². The standard InChI is InChI=1S/C18H17NO5/c1-3-23-17(22)10-5-4-6-11(9-10)19-15(20)13-12-7-8-18(2,24-12)14(13)16(19)21/h4-9,12-14H,3H2,1-2H3/t12-,13+,14-,18-/m0/s1. The quantitative estimate of drug-likeness (QED) is 0.480. The molecule has 0 aromatic heterocycles. The van der Waals surface area contributed by atoms with Gasteiger partial charge in [0.1, 0.15) is 0 Å². The van der Waals surface area contributed by atoms with E-state index in [9.17, 15) is 14.4 Å². The van der Waals surface area contributed by atoms with Crippen LogP contribution in [0.15, 0.2) is 36.4 Å². The lowest BCUT2D eigenvalue weighted by Gasteiger charge is -2.24. The number of fused-ring (bicyclic) bond motifs is 5. The molecular formula is C18H17NO5. The van der Waals surface area contributed by atoms with E-state index in [0.29, 0.717) is 11.3 Å². The Labute approximate surface area is 139 Å². The summed E-state index contributed by atoms with van der Waals surface area (Å²) >= 11 is 0. The zero-order chi connectivity index (χ0) is 17.1. The highest BCUT2D eigenvalue weighted by Gasteiger charge is 2.66. The summed E-state index contributed by atoms with van der Waals surface area (Å²) in [6.07, 6.45) is 3.36. The van der Waals surface area contributed by atoms with Crippen molar-refractivity contribution < 1.29 is 23.9 Å². The van der Waals surface area contributed by atoms with Crippen molar-refractivity contribution in [2.75, 3.05) is 11.5 Å². The highest BCUT2D eigenvalue weighted by molar-refractivity contribution is 6.23. The van der Waals surface area contributed by atoms with E-state index in [0.717, 1.165) is 0 Å². The van der Waals surface area contributed by atoms with E-state index < -0.39 is 23.4 Å². The third-order valence-corrected chi connectivity index (χ3v) is 4.94. The molecule has 2 amide bonds. The Balaban J connectivity index is 1.69. The number of amides is 2. The number of anilines is 1. The number of carbonyl (C=O) groups is 3. The predicted octanol–water partition coefficient (Wildman–Crippen LogP) is 1.70. The molecule has 6 nitrogen and oxygen atoms in total. The Bertz CT molecular complexity index is 785. The molecule has 0 N–H and O–H groups in total. The molecule has 2 saturated heterocycles. The molecule has 2 fully saturated rings. The molecule has 4 rings (SSSR count). The average Bonchev–Trinajstić information content (AvgIpc) is 3.17. The smallest absolute Gasteiger partial charge is 0.338 e. The van der Waals surface area contributed by atoms with Gasteiger partial charge in [-0.25, -0.2) is 9.69 Å². The van der Waals surface area contributed by atoms with Crippen molar-refractivity contribution in [3.05, 3.63) is 42.0 Å². The average molecular weight is 327 g/mol. The van der Waals surface area contributed by atoms with Crippen LogP contribution in [0.3, 0.4) is 0 Å². The Morgan fingerprint density at radius 2 is 2.12 bits per heavy atom. The van der Waals surface area contributed by atoms with Gasteiger partial charge < -0.3 is 9.47 Å². The highest BCUT2D eigenvalue weighted by Crippen LogP contribution is 2.52. The minimum absolute atomic E-state index is 0.262. The molecule has 6 heteroatoms. The van der Waals surface area contributed by atoms with E-state index in [1.807, 2.05) is 19.1 Å². The molecule has 3 aliphatic rings. The van der Waals surface area contributed by atoms with Crippen molar-refractivity contribution in [1.29, 1.82) is 0 Å². The first-order valence-electron chi connectivity index (χ1n) is 7.98. The lowest BCUT2D eigenvalue weighted by molar-refractivity contribution is -0.126. The molecule has 1 aromatic rings. The SMILES string of the molecule is CCOC(=O)c1cccc(N2C(=O)[C@@H]3[C@@H]4C=C[C@](C)(O4)[C@@H]3C2=O)c1. The van der Waals surface area contributed by atoms with Gasteiger partial charge in [0.25, 0.3) is 0 Å². The van der Waals surface area contributed by atoms with E-state index in [4.69, 9.17) is 9.47 Å². The number of nitrogens with zero attached hydrogens (tertiary/aromatic N) is 1. The van der Waals surface area contributed by atoms with Crippen LogP contribution in [0, 0.1) is 11.8 Å². The van der Waals surface area contributed by atoms with Crippen LogP contribution in [-0.2, 0) is 19.1 Å². The Kier molecular flexibility index (Phi) is 3.15. The molecule has 0 aliphatic carbocycles. The summed E-state index contributed by atoms with van der Waals surface area (Å²) in [4.78, 5) is 38.8. The zero-order valence-corrected chi connectivity index (χ0v) is 13.4. The maximum Gasteiger partial charge on any atom is 0.338 e. The van der Waals surface area contributed by atoms with Crippen molar-refractivity contribution in [2.24, 2.45) is 11.8 Å². The van der Waals surface area contributed by atoms with Crippen LogP contribution in [0.1, 0.15) is 24.2 Å². The van der Waals surface area contributed by atoms with Crippen LogP contribution in [0.4, 0.5) is 5.69 Å². The monoisotopic (exact) mass is 327 g/mol. The summed E-state index contributed by atoms with van der Waals surface area (Å²) < 4.78 is 10.8. The Morgan fingerprint density at radius 3 is 2.83 bits per heavy atom. The number of ether oxygens (including phenoxy) is 2. The normalized spacial score (nSPS) is 33.2. The van der Waals surface area contributed by atoms with Gasteiger partial charge in [0.15, 0.2) is 0 Å². The Hall–Kier alpha value is -2.47. The molecule has 0 saturated carbocycles. The molecule has 0 spiro atoms. The van der Waals surface area contributed by atoms with Crippen LogP contribution in [0.25, 0.3) is 0 Å². The second-order valence-corrected chi connectivity index (χ2v) is 6.41. The van der Waals surface area contributed by atoms with Crippen molar-refractivity contribution in [1.82, 2.24) is 0 Å². The van der Waals surface area contributed by atoms with Gasteiger partial charge in [0.05, 0.1) is 41.4 Å². The number of esters is 1. The second-order valence-electron chi connectivity index (χ2n) is 6.41. The number of imide groups is 1. The number of hydrogen-bond donors (Lipinski definition) is 0. The molecule has 3 heterocycles. The summed E-state index contributed by atoms with van der Waals surface area (Å²) in [5, 5.41) is 0. The number of carbonyl (C=O) groups excluding carboxylic acids is 3. The predicted molar refractivity (Wildman–Crippen MR) is 84.3 cm³/mol. The molecule has 24 heavy (non-hydrogen) atoms. The summed E-state index contributed by atoms with van der Waals surface area (Å²) in [5.74, 6) is -2.02. The summed E-state index contributed by atoms with van der Waals surface area (Å²) in [5.41, 5.74) is -0.0150. The lowest BCUT2D eigenvalue weighted by atomic mass is 9.78. The number of benzene rings is 1. The largest absolute Gasteiger partial charge is 0.462 e. The Morgan fingerprint density at radius 1 is 1.33 bits per heavy atom. The fourth-order valence-electron chi connectivity index (χ4n) is 3.89. The fourth-order valence-corrected chi connectivity index (χ4v) is 3.89. The third-order valence-electron chi connectivity index (χ3n) is 4.94. The lowest BCUT2D eigenvalue weighted by Crippen LogP contribution is -2.38. The maximum atomic E-state index is 12.9. The van der Waals surface area contributed by atoms with Gasteiger partial charge in [-0.15, -0.1) is 0 Å². The van der Waals surface area contributed by atoms with Gasteiger partial charge in [-0.2, -0.15) is 0 Å². The molecular weight excluding hydrogens is 310 g/mol. The van der Waals surface area contributed by atoms with Crippen molar-refractivity contribution in [2.45, 2.75) is 25.6 Å². The van der Waals surface area contributed by atoms with Crippen molar-refractivity contribution in [3.63, 3.8) is 0 Å². The van der Waals surface area contributed by atoms with Crippen molar-refractivity contribution in [3.8, 4) is 0 Å². The molecule has 0 unspecified atom stereocenters. The van der Waals surface area contributed by atoms with E-state index in [-0.39, 0.29) is 24.5 Å². The van der Waals surface area contributed by atoms with Crippen LogP contribution in [-0.4, -0.2) is 36.1 Å². The van der Waals surface area contributed by atoms with Gasteiger partial charge in [-0.05, 0) is 32.0 Å². The van der Waals surface area contributed by atoms with Crippen LogP contribution in [0.2, 0.25) is 0 Å². The zero-order valence-electron chi connectivity index (χ0n) is 13.4. The maximum absolute atomic E-state index is 12.9. The van der Waals surface area contributed by atoms with E-state index in [1.165, 1.54) is 11.0 Å². The van der Waals surface area contributed by atoms with E-state index >= 15 is 0 Å². The summed E-state index contributed by atoms with van der Waals surface area (Å²) in [7, 11) is 0. The first-order chi connectivity index (χ1) is 11.5. The van der Waals surface area contributed by atoms with Gasteiger partial charge in [0.2, 0.25) is 11.8 Å². The molecule has 124 valence electrons. The minimum Gasteiger partial charge on any atom is -0.462 e. The van der Waals surface area contributed by atoms with Gasteiger partial charge in [-0.1, -0.05) is 18.2 Å². The second kappa shape index (κ2) is 5.01. The fraction of sp³-hybridized carbons (Fsp3) is 0.389. The molecule has 1 aromatic carbocycles. The molecule has 2 bridgehead atoms. The van der Waals surface area contributed by atoms with Gasteiger partial charge >= 0.3 is 5.97 Å². The van der Waals surface area contributed by atoms with Gasteiger partial charge in [0, 0.05) is 0 Å². The van der Waals surface area contributed by atoms with Crippen LogP contribution >= 0.6 is 0 Å². The van der Waals surface area contributed by atoms with Gasteiger partial charge in [-0.3, -0.25) is 9.59 Å². The third kappa shape index (κ3) is 1.89. The molecule has 4 atom stereocenters. The minimum atomic E-state index is -0.727.